The average molecular weight is 274 g/mol. The van der Waals surface area contributed by atoms with Crippen LogP contribution in [0.2, 0.25) is 0 Å². The lowest BCUT2D eigenvalue weighted by Gasteiger charge is -2.12. The van der Waals surface area contributed by atoms with Gasteiger partial charge in [-0.05, 0) is 28.5 Å². The van der Waals surface area contributed by atoms with Crippen LogP contribution in [-0.2, 0) is 11.3 Å². The van der Waals surface area contributed by atoms with E-state index in [9.17, 15) is 0 Å². The van der Waals surface area contributed by atoms with E-state index in [0.29, 0.717) is 0 Å². The fourth-order valence-electron chi connectivity index (χ4n) is 1.23. The molecule has 0 aliphatic carbocycles. The van der Waals surface area contributed by atoms with Crippen LogP contribution >= 0.6 is 15.9 Å². The van der Waals surface area contributed by atoms with Crippen molar-refractivity contribution in [3.63, 3.8) is 0 Å². The van der Waals surface area contributed by atoms with E-state index in [4.69, 9.17) is 9.47 Å². The first-order valence-corrected chi connectivity index (χ1v) is 5.68. The van der Waals surface area contributed by atoms with Crippen LogP contribution in [0.15, 0.2) is 22.7 Å². The van der Waals surface area contributed by atoms with Crippen LogP contribution < -0.4 is 10.1 Å². The number of hydrogen-bond donors (Lipinski definition) is 1. The zero-order chi connectivity index (χ0) is 11.1. The summed E-state index contributed by atoms with van der Waals surface area (Å²) in [6.07, 6.45) is 0. The van der Waals surface area contributed by atoms with Gasteiger partial charge in [0.2, 0.25) is 0 Å². The van der Waals surface area contributed by atoms with Crippen LogP contribution in [0.4, 0.5) is 0 Å². The van der Waals surface area contributed by atoms with E-state index >= 15 is 0 Å². The van der Waals surface area contributed by atoms with Crippen molar-refractivity contribution < 1.29 is 9.47 Å². The van der Waals surface area contributed by atoms with Crippen LogP contribution in [0.3, 0.4) is 0 Å². The summed E-state index contributed by atoms with van der Waals surface area (Å²) in [5, 5.41) is 3.27. The van der Waals surface area contributed by atoms with Gasteiger partial charge in [-0.25, -0.2) is 0 Å². The van der Waals surface area contributed by atoms with Gasteiger partial charge in [0.25, 0.3) is 0 Å². The highest BCUT2D eigenvalue weighted by Gasteiger charge is 2.07. The minimum atomic E-state index is 0.266. The molecule has 0 bridgehead atoms. The van der Waals surface area contributed by atoms with Crippen molar-refractivity contribution in [2.24, 2.45) is 0 Å². The SMILES string of the molecule is CCNCc1cccc(Br)c1OCOC. The van der Waals surface area contributed by atoms with Crippen LogP contribution in [-0.4, -0.2) is 20.4 Å². The molecule has 1 aromatic carbocycles. The first-order chi connectivity index (χ1) is 7.29. The van der Waals surface area contributed by atoms with E-state index in [0.717, 1.165) is 28.9 Å². The monoisotopic (exact) mass is 273 g/mol. The molecule has 4 heteroatoms. The lowest BCUT2D eigenvalue weighted by molar-refractivity contribution is 0.0498. The molecular formula is C11H16BrNO2. The highest BCUT2D eigenvalue weighted by molar-refractivity contribution is 9.10. The predicted octanol–water partition coefficient (Wildman–Crippen LogP) is 2.54. The van der Waals surface area contributed by atoms with Crippen molar-refractivity contribution in [3.8, 4) is 5.75 Å². The molecule has 1 aromatic rings. The summed E-state index contributed by atoms with van der Waals surface area (Å²) >= 11 is 3.46. The molecule has 0 spiro atoms. The van der Waals surface area contributed by atoms with Crippen LogP contribution in [0.1, 0.15) is 12.5 Å². The van der Waals surface area contributed by atoms with Gasteiger partial charge in [-0.2, -0.15) is 0 Å². The molecule has 15 heavy (non-hydrogen) atoms. The van der Waals surface area contributed by atoms with Gasteiger partial charge >= 0.3 is 0 Å². The molecule has 0 heterocycles. The number of para-hydroxylation sites is 1. The summed E-state index contributed by atoms with van der Waals surface area (Å²) in [4.78, 5) is 0. The first kappa shape index (κ1) is 12.5. The number of halogens is 1. The van der Waals surface area contributed by atoms with Gasteiger partial charge in [-0.15, -0.1) is 0 Å². The van der Waals surface area contributed by atoms with Gasteiger partial charge in [0.05, 0.1) is 4.47 Å². The Morgan fingerprint density at radius 1 is 1.40 bits per heavy atom. The zero-order valence-corrected chi connectivity index (χ0v) is 10.6. The Morgan fingerprint density at radius 3 is 2.87 bits per heavy atom. The third-order valence-corrected chi connectivity index (χ3v) is 2.56. The van der Waals surface area contributed by atoms with Gasteiger partial charge in [0.15, 0.2) is 6.79 Å². The van der Waals surface area contributed by atoms with Gasteiger partial charge < -0.3 is 14.8 Å². The van der Waals surface area contributed by atoms with E-state index in [1.54, 1.807) is 7.11 Å². The van der Waals surface area contributed by atoms with Crippen LogP contribution in [0.25, 0.3) is 0 Å². The summed E-state index contributed by atoms with van der Waals surface area (Å²) in [7, 11) is 1.61. The Labute approximate surface area is 98.9 Å². The fourth-order valence-corrected chi connectivity index (χ4v) is 1.75. The molecule has 0 saturated carbocycles. The predicted molar refractivity (Wildman–Crippen MR) is 64.0 cm³/mol. The Bertz CT molecular complexity index is 305. The standard InChI is InChI=1S/C11H16BrNO2/c1-3-13-7-9-5-4-6-10(12)11(9)15-8-14-2/h4-6,13H,3,7-8H2,1-2H3. The second-order valence-electron chi connectivity index (χ2n) is 3.06. The Balaban J connectivity index is 2.77. The molecule has 84 valence electrons. The second kappa shape index (κ2) is 6.82. The summed E-state index contributed by atoms with van der Waals surface area (Å²) in [5.41, 5.74) is 1.13. The molecule has 0 aliphatic heterocycles. The number of methoxy groups -OCH3 is 1. The maximum Gasteiger partial charge on any atom is 0.188 e. The number of ether oxygens (including phenoxy) is 2. The van der Waals surface area contributed by atoms with Crippen molar-refractivity contribution in [2.45, 2.75) is 13.5 Å². The summed E-state index contributed by atoms with van der Waals surface area (Å²) < 4.78 is 11.4. The number of hydrogen-bond acceptors (Lipinski definition) is 3. The number of nitrogens with one attached hydrogen (secondary N) is 1. The molecule has 0 atom stereocenters. The average Bonchev–Trinajstić information content (AvgIpc) is 2.25. The van der Waals surface area contributed by atoms with Crippen molar-refractivity contribution >= 4 is 15.9 Å². The summed E-state index contributed by atoms with van der Waals surface area (Å²) in [6.45, 7) is 4.08. The van der Waals surface area contributed by atoms with Crippen LogP contribution in [0, 0.1) is 0 Å². The highest BCUT2D eigenvalue weighted by atomic mass is 79.9. The van der Waals surface area contributed by atoms with Gasteiger partial charge in [0, 0.05) is 19.2 Å². The molecule has 0 saturated heterocycles. The molecule has 0 fully saturated rings. The quantitative estimate of drug-likeness (QED) is 0.809. The Hall–Kier alpha value is -0.580. The molecule has 1 N–H and O–H groups in total. The van der Waals surface area contributed by atoms with Gasteiger partial charge in [-0.3, -0.25) is 0 Å². The minimum absolute atomic E-state index is 0.266. The number of rotatable bonds is 6. The fraction of sp³-hybridized carbons (Fsp3) is 0.455. The first-order valence-electron chi connectivity index (χ1n) is 4.89. The molecular weight excluding hydrogens is 258 g/mol. The summed E-state index contributed by atoms with van der Waals surface area (Å²) in [6, 6.07) is 6.00. The molecule has 1 rings (SSSR count). The molecule has 3 nitrogen and oxygen atoms in total. The highest BCUT2D eigenvalue weighted by Crippen LogP contribution is 2.28. The van der Waals surface area contributed by atoms with Crippen molar-refractivity contribution in [1.29, 1.82) is 0 Å². The van der Waals surface area contributed by atoms with E-state index in [1.807, 2.05) is 18.2 Å². The second-order valence-corrected chi connectivity index (χ2v) is 3.91. The zero-order valence-electron chi connectivity index (χ0n) is 9.05. The van der Waals surface area contributed by atoms with Crippen LogP contribution in [0.5, 0.6) is 5.75 Å². The largest absolute Gasteiger partial charge is 0.466 e. The topological polar surface area (TPSA) is 30.5 Å². The normalized spacial score (nSPS) is 10.3. The van der Waals surface area contributed by atoms with Gasteiger partial charge in [-0.1, -0.05) is 19.1 Å². The smallest absolute Gasteiger partial charge is 0.188 e. The maximum atomic E-state index is 5.51. The molecule has 0 amide bonds. The van der Waals surface area contributed by atoms with E-state index in [2.05, 4.69) is 28.2 Å². The third kappa shape index (κ3) is 3.81. The third-order valence-electron chi connectivity index (χ3n) is 1.94. The van der Waals surface area contributed by atoms with E-state index < -0.39 is 0 Å². The van der Waals surface area contributed by atoms with Crippen molar-refractivity contribution in [1.82, 2.24) is 5.32 Å². The van der Waals surface area contributed by atoms with Crippen molar-refractivity contribution in [3.05, 3.63) is 28.2 Å². The Kier molecular flexibility index (Phi) is 5.68. The maximum absolute atomic E-state index is 5.51. The molecule has 0 aliphatic rings. The lowest BCUT2D eigenvalue weighted by atomic mass is 10.2. The van der Waals surface area contributed by atoms with E-state index in [1.165, 1.54) is 0 Å². The minimum Gasteiger partial charge on any atom is -0.466 e. The van der Waals surface area contributed by atoms with Gasteiger partial charge in [0.1, 0.15) is 5.75 Å². The van der Waals surface area contributed by atoms with E-state index in [-0.39, 0.29) is 6.79 Å². The summed E-state index contributed by atoms with van der Waals surface area (Å²) in [5.74, 6) is 0.848. The molecule has 0 unspecified atom stereocenters. The molecule has 0 radical (unpaired) electrons. The Morgan fingerprint density at radius 2 is 2.20 bits per heavy atom. The number of benzene rings is 1. The lowest BCUT2D eigenvalue weighted by Crippen LogP contribution is -2.13. The molecule has 0 aromatic heterocycles. The van der Waals surface area contributed by atoms with Crippen molar-refractivity contribution in [2.75, 3.05) is 20.4 Å².